The van der Waals surface area contributed by atoms with E-state index in [4.69, 9.17) is 4.74 Å². The molecule has 0 saturated heterocycles. The van der Waals surface area contributed by atoms with Crippen molar-refractivity contribution in [2.24, 2.45) is 0 Å². The molecule has 142 valence electrons. The lowest BCUT2D eigenvalue weighted by atomic mass is 9.95. The first-order valence-electron chi connectivity index (χ1n) is 8.55. The lowest BCUT2D eigenvalue weighted by Gasteiger charge is -2.28. The van der Waals surface area contributed by atoms with E-state index in [-0.39, 0.29) is 11.4 Å². The van der Waals surface area contributed by atoms with Gasteiger partial charge < -0.3 is 19.6 Å². The van der Waals surface area contributed by atoms with E-state index in [9.17, 15) is 14.7 Å². The zero-order chi connectivity index (χ0) is 19.6. The predicted molar refractivity (Wildman–Crippen MR) is 104 cm³/mol. The zero-order valence-corrected chi connectivity index (χ0v) is 16.3. The molecule has 1 amide bonds. The highest BCUT2D eigenvalue weighted by Crippen LogP contribution is 2.40. The van der Waals surface area contributed by atoms with Gasteiger partial charge in [-0.15, -0.1) is 11.3 Å². The number of hydrogen-bond donors (Lipinski definition) is 1. The fourth-order valence-electron chi connectivity index (χ4n) is 3.12. The van der Waals surface area contributed by atoms with Crippen molar-refractivity contribution in [2.45, 2.75) is 6.04 Å². The van der Waals surface area contributed by atoms with Crippen molar-refractivity contribution in [1.29, 1.82) is 0 Å². The van der Waals surface area contributed by atoms with E-state index in [1.165, 1.54) is 11.3 Å². The summed E-state index contributed by atoms with van der Waals surface area (Å²) in [6.45, 7) is 0.999. The van der Waals surface area contributed by atoms with Crippen LogP contribution in [-0.4, -0.2) is 60.9 Å². The van der Waals surface area contributed by atoms with Crippen LogP contribution in [0.5, 0.6) is 5.75 Å². The number of likely N-dealkylation sites (N-methyl/N-ethyl adjacent to an activating group) is 1. The number of amides is 1. The van der Waals surface area contributed by atoms with Crippen LogP contribution in [0.25, 0.3) is 0 Å². The molecule has 0 radical (unpaired) electrons. The van der Waals surface area contributed by atoms with Crippen LogP contribution >= 0.6 is 11.3 Å². The summed E-state index contributed by atoms with van der Waals surface area (Å²) in [4.78, 5) is 29.8. The summed E-state index contributed by atoms with van der Waals surface area (Å²) in [7, 11) is 5.38. The molecule has 1 aliphatic rings. The van der Waals surface area contributed by atoms with E-state index in [0.717, 1.165) is 5.56 Å². The number of rotatable bonds is 7. The predicted octanol–water partition coefficient (Wildman–Crippen LogP) is 2.90. The number of hydrogen-bond acceptors (Lipinski definition) is 6. The molecule has 0 unspecified atom stereocenters. The minimum Gasteiger partial charge on any atom is -0.503 e. The van der Waals surface area contributed by atoms with Gasteiger partial charge in [-0.3, -0.25) is 9.59 Å². The third-order valence-electron chi connectivity index (χ3n) is 4.49. The molecular formula is C20H22N2O4S. The van der Waals surface area contributed by atoms with Gasteiger partial charge in [0.25, 0.3) is 5.91 Å². The van der Waals surface area contributed by atoms with Crippen molar-refractivity contribution in [3.05, 3.63) is 63.6 Å². The molecular weight excluding hydrogens is 364 g/mol. The monoisotopic (exact) mass is 386 g/mol. The number of aliphatic hydroxyl groups excluding tert-OH is 1. The minimum absolute atomic E-state index is 0.120. The second kappa shape index (κ2) is 7.94. The molecule has 1 aromatic heterocycles. The van der Waals surface area contributed by atoms with Crippen molar-refractivity contribution >= 4 is 23.0 Å². The number of aliphatic hydroxyl groups is 1. The summed E-state index contributed by atoms with van der Waals surface area (Å²) in [6, 6.07) is 10.1. The lowest BCUT2D eigenvalue weighted by molar-refractivity contribution is -0.129. The molecule has 1 aromatic carbocycles. The molecule has 0 fully saturated rings. The Morgan fingerprint density at radius 3 is 2.70 bits per heavy atom. The number of methoxy groups -OCH3 is 1. The number of carbonyl (C=O) groups excluding carboxylic acids is 2. The fourth-order valence-corrected chi connectivity index (χ4v) is 3.80. The van der Waals surface area contributed by atoms with Gasteiger partial charge >= 0.3 is 0 Å². The molecule has 0 bridgehead atoms. The molecule has 1 aliphatic heterocycles. The number of ether oxygens (including phenoxy) is 1. The molecule has 1 N–H and O–H groups in total. The van der Waals surface area contributed by atoms with E-state index in [1.54, 1.807) is 41.7 Å². The first-order chi connectivity index (χ1) is 12.9. The van der Waals surface area contributed by atoms with Crippen LogP contribution in [0.2, 0.25) is 0 Å². The summed E-state index contributed by atoms with van der Waals surface area (Å²) in [5, 5.41) is 12.3. The third-order valence-corrected chi connectivity index (χ3v) is 5.36. The Bertz CT molecular complexity index is 874. The average Bonchev–Trinajstić information content (AvgIpc) is 3.28. The normalized spacial score (nSPS) is 17.1. The van der Waals surface area contributed by atoms with Gasteiger partial charge in [0, 0.05) is 13.1 Å². The van der Waals surface area contributed by atoms with E-state index in [0.29, 0.717) is 23.7 Å². The van der Waals surface area contributed by atoms with Gasteiger partial charge in [0.15, 0.2) is 5.76 Å². The standard InChI is InChI=1S/C20H22N2O4S/c1-21(2)9-10-22-17(13-6-4-7-14(12-13)26-3)16(19(24)20(22)25)18(23)15-8-5-11-27-15/h4-8,11-12,17,24H,9-10H2,1-3H3/t17-/m0/s1. The van der Waals surface area contributed by atoms with Crippen LogP contribution < -0.4 is 4.74 Å². The topological polar surface area (TPSA) is 70.1 Å². The Morgan fingerprint density at radius 2 is 2.07 bits per heavy atom. The molecule has 0 aliphatic carbocycles. The summed E-state index contributed by atoms with van der Waals surface area (Å²) < 4.78 is 5.30. The maximum atomic E-state index is 13.1. The molecule has 7 heteroatoms. The lowest BCUT2D eigenvalue weighted by Crippen LogP contribution is -2.36. The fraction of sp³-hybridized carbons (Fsp3) is 0.300. The molecule has 27 heavy (non-hydrogen) atoms. The SMILES string of the molecule is COc1cccc([C@H]2C(C(=O)c3cccs3)=C(O)C(=O)N2CCN(C)C)c1. The Kier molecular flexibility index (Phi) is 5.62. The van der Waals surface area contributed by atoms with E-state index < -0.39 is 17.7 Å². The average molecular weight is 386 g/mol. The Morgan fingerprint density at radius 1 is 1.30 bits per heavy atom. The van der Waals surface area contributed by atoms with Crippen LogP contribution in [0.4, 0.5) is 0 Å². The summed E-state index contributed by atoms with van der Waals surface area (Å²) in [5.41, 5.74) is 0.847. The van der Waals surface area contributed by atoms with Crippen LogP contribution in [0.3, 0.4) is 0 Å². The first kappa shape index (κ1) is 19.1. The second-order valence-corrected chi connectivity index (χ2v) is 7.50. The van der Waals surface area contributed by atoms with Gasteiger partial charge in [-0.25, -0.2) is 0 Å². The Hall–Kier alpha value is -2.64. The van der Waals surface area contributed by atoms with E-state index in [1.807, 2.05) is 31.1 Å². The smallest absolute Gasteiger partial charge is 0.290 e. The highest BCUT2D eigenvalue weighted by Gasteiger charge is 2.43. The molecule has 6 nitrogen and oxygen atoms in total. The van der Waals surface area contributed by atoms with Gasteiger partial charge in [-0.2, -0.15) is 0 Å². The molecule has 2 aromatic rings. The second-order valence-electron chi connectivity index (χ2n) is 6.55. The minimum atomic E-state index is -0.651. The number of Topliss-reactive ketones (excluding diaryl/α,β-unsaturated/α-hetero) is 1. The number of benzene rings is 1. The number of nitrogens with zero attached hydrogens (tertiary/aromatic N) is 2. The van der Waals surface area contributed by atoms with Crippen molar-refractivity contribution in [3.63, 3.8) is 0 Å². The van der Waals surface area contributed by atoms with Gasteiger partial charge in [0.05, 0.1) is 23.6 Å². The van der Waals surface area contributed by atoms with Crippen LogP contribution in [0.15, 0.2) is 53.1 Å². The molecule has 0 saturated carbocycles. The van der Waals surface area contributed by atoms with Crippen molar-refractivity contribution < 1.29 is 19.4 Å². The number of carbonyl (C=O) groups is 2. The van der Waals surface area contributed by atoms with Crippen molar-refractivity contribution in [1.82, 2.24) is 9.80 Å². The quantitative estimate of drug-likeness (QED) is 0.741. The maximum absolute atomic E-state index is 13.1. The molecule has 0 spiro atoms. The van der Waals surface area contributed by atoms with Gasteiger partial charge in [0.1, 0.15) is 5.75 Å². The zero-order valence-electron chi connectivity index (χ0n) is 15.5. The van der Waals surface area contributed by atoms with Crippen LogP contribution in [0, 0.1) is 0 Å². The van der Waals surface area contributed by atoms with Crippen LogP contribution in [0.1, 0.15) is 21.3 Å². The highest BCUT2D eigenvalue weighted by atomic mass is 32.1. The highest BCUT2D eigenvalue weighted by molar-refractivity contribution is 7.12. The number of thiophene rings is 1. The van der Waals surface area contributed by atoms with Gasteiger partial charge in [0.2, 0.25) is 5.78 Å². The maximum Gasteiger partial charge on any atom is 0.290 e. The van der Waals surface area contributed by atoms with E-state index in [2.05, 4.69) is 0 Å². The Labute approximate surface area is 162 Å². The third kappa shape index (κ3) is 3.74. The molecule has 3 rings (SSSR count). The van der Waals surface area contributed by atoms with Gasteiger partial charge in [-0.05, 0) is 43.2 Å². The largest absolute Gasteiger partial charge is 0.503 e. The summed E-state index contributed by atoms with van der Waals surface area (Å²) >= 11 is 1.29. The van der Waals surface area contributed by atoms with Gasteiger partial charge in [-0.1, -0.05) is 18.2 Å². The summed E-state index contributed by atoms with van der Waals surface area (Å²) in [6.07, 6.45) is 0. The molecule has 2 heterocycles. The van der Waals surface area contributed by atoms with Crippen molar-refractivity contribution in [3.8, 4) is 5.75 Å². The number of ketones is 1. The summed E-state index contributed by atoms with van der Waals surface area (Å²) in [5.74, 6) is -0.692. The first-order valence-corrected chi connectivity index (χ1v) is 9.43. The van der Waals surface area contributed by atoms with Crippen molar-refractivity contribution in [2.75, 3.05) is 34.3 Å². The van der Waals surface area contributed by atoms with Crippen LogP contribution in [-0.2, 0) is 4.79 Å². The Balaban J connectivity index is 2.07. The van der Waals surface area contributed by atoms with E-state index >= 15 is 0 Å². The molecule has 1 atom stereocenters.